The van der Waals surface area contributed by atoms with Gasteiger partial charge in [0.1, 0.15) is 5.82 Å². The Morgan fingerprint density at radius 2 is 1.94 bits per heavy atom. The van der Waals surface area contributed by atoms with Crippen molar-refractivity contribution in [1.29, 1.82) is 0 Å². The quantitative estimate of drug-likeness (QED) is 0.870. The Morgan fingerprint density at radius 1 is 1.17 bits per heavy atom. The van der Waals surface area contributed by atoms with Crippen molar-refractivity contribution >= 4 is 0 Å². The van der Waals surface area contributed by atoms with Gasteiger partial charge in [0.2, 0.25) is 0 Å². The highest BCUT2D eigenvalue weighted by atomic mass is 19.1. The van der Waals surface area contributed by atoms with E-state index in [1.54, 1.807) is 6.07 Å². The lowest BCUT2D eigenvalue weighted by Gasteiger charge is -2.26. The predicted molar refractivity (Wildman–Crippen MR) is 70.9 cm³/mol. The Morgan fingerprint density at radius 3 is 2.61 bits per heavy atom. The van der Waals surface area contributed by atoms with Crippen molar-refractivity contribution in [3.63, 3.8) is 0 Å². The molecule has 0 aromatic heterocycles. The third kappa shape index (κ3) is 3.79. The highest BCUT2D eigenvalue weighted by Gasteiger charge is 2.12. The molecule has 0 atom stereocenters. The zero-order valence-corrected chi connectivity index (χ0v) is 10.9. The Hall–Kier alpha value is -0.930. The van der Waals surface area contributed by atoms with Crippen molar-refractivity contribution in [2.45, 2.75) is 38.6 Å². The molecular formula is C15H22FNO. The molecule has 0 bridgehead atoms. The zero-order chi connectivity index (χ0) is 12.8. The van der Waals surface area contributed by atoms with E-state index in [-0.39, 0.29) is 12.4 Å². The van der Waals surface area contributed by atoms with E-state index in [4.69, 9.17) is 5.11 Å². The Bertz CT molecular complexity index is 375. The first kappa shape index (κ1) is 13.5. The van der Waals surface area contributed by atoms with Crippen LogP contribution in [0, 0.1) is 5.82 Å². The summed E-state index contributed by atoms with van der Waals surface area (Å²) < 4.78 is 13.9. The van der Waals surface area contributed by atoms with Crippen LogP contribution in [0.25, 0.3) is 0 Å². The van der Waals surface area contributed by atoms with Gasteiger partial charge in [-0.25, -0.2) is 4.39 Å². The third-order valence-electron chi connectivity index (χ3n) is 3.58. The number of benzene rings is 1. The Balaban J connectivity index is 1.95. The van der Waals surface area contributed by atoms with Gasteiger partial charge >= 0.3 is 0 Å². The molecule has 0 spiro atoms. The number of hydrogen-bond donors (Lipinski definition) is 1. The van der Waals surface area contributed by atoms with Crippen LogP contribution >= 0.6 is 0 Å². The number of rotatable bonds is 5. The lowest BCUT2D eigenvalue weighted by atomic mass is 10.1. The maximum Gasteiger partial charge on any atom is 0.127 e. The van der Waals surface area contributed by atoms with E-state index >= 15 is 0 Å². The van der Waals surface area contributed by atoms with Crippen LogP contribution in [0.1, 0.15) is 36.8 Å². The summed E-state index contributed by atoms with van der Waals surface area (Å²) in [6.07, 6.45) is 5.22. The summed E-state index contributed by atoms with van der Waals surface area (Å²) in [5, 5.41) is 8.77. The van der Waals surface area contributed by atoms with Crippen molar-refractivity contribution in [3.05, 3.63) is 35.1 Å². The van der Waals surface area contributed by atoms with Gasteiger partial charge in [-0.15, -0.1) is 0 Å². The molecule has 2 nitrogen and oxygen atoms in total. The van der Waals surface area contributed by atoms with Gasteiger partial charge in [0.25, 0.3) is 0 Å². The molecule has 18 heavy (non-hydrogen) atoms. The predicted octanol–water partition coefficient (Wildman–Crippen LogP) is 2.74. The molecule has 1 fully saturated rings. The van der Waals surface area contributed by atoms with Crippen LogP contribution in [-0.4, -0.2) is 29.7 Å². The molecule has 3 heteroatoms. The maximum atomic E-state index is 13.9. The fourth-order valence-electron chi connectivity index (χ4n) is 2.52. The van der Waals surface area contributed by atoms with Crippen molar-refractivity contribution < 1.29 is 9.50 Å². The summed E-state index contributed by atoms with van der Waals surface area (Å²) in [6.45, 7) is 3.07. The Kier molecular flexibility index (Phi) is 5.14. The van der Waals surface area contributed by atoms with Gasteiger partial charge in [0.15, 0.2) is 0 Å². The minimum Gasteiger partial charge on any atom is -0.396 e. The standard InChI is InChI=1S/C15H22FNO/c16-15-11-13(5-4-10-18)6-7-14(15)12-17-8-2-1-3-9-17/h6-7,11,18H,1-5,8-10,12H2. The monoisotopic (exact) mass is 251 g/mol. The molecule has 2 rings (SSSR count). The second-order valence-electron chi connectivity index (χ2n) is 5.09. The molecule has 0 saturated carbocycles. The van der Waals surface area contributed by atoms with Crippen molar-refractivity contribution in [2.75, 3.05) is 19.7 Å². The average Bonchev–Trinajstić information content (AvgIpc) is 2.40. The molecule has 1 aromatic carbocycles. The number of aryl methyl sites for hydroxylation is 1. The molecule has 1 aliphatic heterocycles. The Labute approximate surface area is 108 Å². The van der Waals surface area contributed by atoms with Crippen LogP contribution < -0.4 is 0 Å². The lowest BCUT2D eigenvalue weighted by molar-refractivity contribution is 0.218. The van der Waals surface area contributed by atoms with E-state index < -0.39 is 0 Å². The van der Waals surface area contributed by atoms with Gasteiger partial charge in [0.05, 0.1) is 0 Å². The number of nitrogens with zero attached hydrogens (tertiary/aromatic N) is 1. The van der Waals surface area contributed by atoms with Gasteiger partial charge < -0.3 is 5.11 Å². The summed E-state index contributed by atoms with van der Waals surface area (Å²) in [5.41, 5.74) is 1.77. The number of piperidine rings is 1. The van der Waals surface area contributed by atoms with E-state index in [9.17, 15) is 4.39 Å². The first-order valence-electron chi connectivity index (χ1n) is 6.90. The first-order valence-corrected chi connectivity index (χ1v) is 6.90. The van der Waals surface area contributed by atoms with Crippen molar-refractivity contribution in [3.8, 4) is 0 Å². The first-order chi connectivity index (χ1) is 8.79. The number of hydrogen-bond acceptors (Lipinski definition) is 2. The van der Waals surface area contributed by atoms with Crippen LogP contribution in [0.5, 0.6) is 0 Å². The van der Waals surface area contributed by atoms with E-state index in [2.05, 4.69) is 4.90 Å². The minimum absolute atomic E-state index is 0.101. The molecule has 1 heterocycles. The fraction of sp³-hybridized carbons (Fsp3) is 0.600. The summed E-state index contributed by atoms with van der Waals surface area (Å²) >= 11 is 0. The number of likely N-dealkylation sites (tertiary alicyclic amines) is 1. The van der Waals surface area contributed by atoms with Crippen LogP contribution in [-0.2, 0) is 13.0 Å². The molecule has 0 radical (unpaired) electrons. The minimum atomic E-state index is -0.101. The summed E-state index contributed by atoms with van der Waals surface area (Å²) in [6, 6.07) is 5.50. The highest BCUT2D eigenvalue weighted by molar-refractivity contribution is 5.24. The third-order valence-corrected chi connectivity index (χ3v) is 3.58. The van der Waals surface area contributed by atoms with Gasteiger partial charge in [-0.1, -0.05) is 18.6 Å². The average molecular weight is 251 g/mol. The van der Waals surface area contributed by atoms with Gasteiger partial charge in [-0.3, -0.25) is 4.90 Å². The van der Waals surface area contributed by atoms with Crippen LogP contribution in [0.15, 0.2) is 18.2 Å². The topological polar surface area (TPSA) is 23.5 Å². The molecule has 1 saturated heterocycles. The molecule has 0 amide bonds. The summed E-state index contributed by atoms with van der Waals surface area (Å²) in [7, 11) is 0. The molecule has 0 aliphatic carbocycles. The second-order valence-corrected chi connectivity index (χ2v) is 5.09. The van der Waals surface area contributed by atoms with E-state index in [0.29, 0.717) is 6.42 Å². The van der Waals surface area contributed by atoms with Crippen molar-refractivity contribution in [1.82, 2.24) is 4.90 Å². The van der Waals surface area contributed by atoms with Gasteiger partial charge in [0, 0.05) is 18.7 Å². The molecule has 0 unspecified atom stereocenters. The molecule has 1 aliphatic rings. The fourth-order valence-corrected chi connectivity index (χ4v) is 2.52. The lowest BCUT2D eigenvalue weighted by Crippen LogP contribution is -2.29. The van der Waals surface area contributed by atoms with E-state index in [1.165, 1.54) is 19.3 Å². The normalized spacial score (nSPS) is 17.0. The van der Waals surface area contributed by atoms with Gasteiger partial charge in [-0.05, 0) is 50.4 Å². The molecule has 1 N–H and O–H groups in total. The van der Waals surface area contributed by atoms with Crippen LogP contribution in [0.4, 0.5) is 4.39 Å². The smallest absolute Gasteiger partial charge is 0.127 e. The summed E-state index contributed by atoms with van der Waals surface area (Å²) in [5.74, 6) is -0.101. The SMILES string of the molecule is OCCCc1ccc(CN2CCCCC2)c(F)c1. The molecule has 100 valence electrons. The van der Waals surface area contributed by atoms with E-state index in [0.717, 1.165) is 37.2 Å². The summed E-state index contributed by atoms with van der Waals surface area (Å²) in [4.78, 5) is 2.33. The van der Waals surface area contributed by atoms with E-state index in [1.807, 2.05) is 12.1 Å². The second kappa shape index (κ2) is 6.86. The number of halogens is 1. The number of aliphatic hydroxyl groups excluding tert-OH is 1. The molecule has 1 aromatic rings. The maximum absolute atomic E-state index is 13.9. The van der Waals surface area contributed by atoms with Crippen LogP contribution in [0.3, 0.4) is 0 Å². The largest absolute Gasteiger partial charge is 0.396 e. The zero-order valence-electron chi connectivity index (χ0n) is 10.9. The highest BCUT2D eigenvalue weighted by Crippen LogP contribution is 2.17. The molecular weight excluding hydrogens is 229 g/mol. The number of aliphatic hydroxyl groups is 1. The van der Waals surface area contributed by atoms with Crippen molar-refractivity contribution in [2.24, 2.45) is 0 Å². The van der Waals surface area contributed by atoms with Crippen LogP contribution in [0.2, 0.25) is 0 Å². The van der Waals surface area contributed by atoms with Gasteiger partial charge in [-0.2, -0.15) is 0 Å².